The summed E-state index contributed by atoms with van der Waals surface area (Å²) in [7, 11) is 1.31. The van der Waals surface area contributed by atoms with Crippen LogP contribution in [-0.4, -0.2) is 25.5 Å². The number of esters is 1. The molecule has 2 rings (SSSR count). The van der Waals surface area contributed by atoms with Gasteiger partial charge in [-0.3, -0.25) is 9.59 Å². The lowest BCUT2D eigenvalue weighted by Crippen LogP contribution is -2.34. The number of carbonyl (C=O) groups is 2. The standard InChI is InChI=1S/C12H13ClN2O3/c1-18-11(16)6-8-7-14-15(12(8)17)10-4-2-9(13)3-5-10/h2-5,8,14H,6-7H2,1H3. The number of methoxy groups -OCH3 is 1. The minimum absolute atomic E-state index is 0.0897. The van der Waals surface area contributed by atoms with E-state index in [1.807, 2.05) is 0 Å². The Kier molecular flexibility index (Phi) is 3.84. The van der Waals surface area contributed by atoms with Crippen LogP contribution in [0.3, 0.4) is 0 Å². The Morgan fingerprint density at radius 1 is 1.50 bits per heavy atom. The van der Waals surface area contributed by atoms with E-state index in [0.29, 0.717) is 17.3 Å². The fourth-order valence-electron chi connectivity index (χ4n) is 1.80. The van der Waals surface area contributed by atoms with Crippen LogP contribution in [0.15, 0.2) is 24.3 Å². The summed E-state index contributed by atoms with van der Waals surface area (Å²) in [4.78, 5) is 23.2. The number of nitrogens with one attached hydrogen (secondary N) is 1. The highest BCUT2D eigenvalue weighted by molar-refractivity contribution is 6.30. The lowest BCUT2D eigenvalue weighted by molar-refractivity contribution is -0.143. The summed E-state index contributed by atoms with van der Waals surface area (Å²) in [5.41, 5.74) is 3.66. The highest BCUT2D eigenvalue weighted by Gasteiger charge is 2.34. The van der Waals surface area contributed by atoms with Crippen molar-refractivity contribution in [3.05, 3.63) is 29.3 Å². The maximum atomic E-state index is 12.1. The molecule has 1 unspecified atom stereocenters. The van der Waals surface area contributed by atoms with Gasteiger partial charge in [-0.15, -0.1) is 0 Å². The maximum Gasteiger partial charge on any atom is 0.306 e. The zero-order valence-electron chi connectivity index (χ0n) is 9.85. The molecule has 1 aliphatic heterocycles. The van der Waals surface area contributed by atoms with Crippen LogP contribution in [0.2, 0.25) is 5.02 Å². The molecule has 0 bridgehead atoms. The number of hydrogen-bond acceptors (Lipinski definition) is 4. The molecule has 1 aromatic carbocycles. The zero-order chi connectivity index (χ0) is 13.1. The minimum Gasteiger partial charge on any atom is -0.469 e. The fourth-order valence-corrected chi connectivity index (χ4v) is 1.93. The number of nitrogens with zero attached hydrogens (tertiary/aromatic N) is 1. The number of amides is 1. The van der Waals surface area contributed by atoms with Gasteiger partial charge in [0.1, 0.15) is 0 Å². The molecule has 0 radical (unpaired) electrons. The van der Waals surface area contributed by atoms with Crippen LogP contribution in [0.5, 0.6) is 0 Å². The summed E-state index contributed by atoms with van der Waals surface area (Å²) in [5.74, 6) is -0.899. The Morgan fingerprint density at radius 3 is 2.78 bits per heavy atom. The molecule has 0 aromatic heterocycles. The van der Waals surface area contributed by atoms with Crippen molar-refractivity contribution in [3.63, 3.8) is 0 Å². The third kappa shape index (κ3) is 2.63. The maximum absolute atomic E-state index is 12.1. The molecular weight excluding hydrogens is 256 g/mol. The molecule has 1 heterocycles. The molecule has 1 aromatic rings. The first-order chi connectivity index (χ1) is 8.61. The monoisotopic (exact) mass is 268 g/mol. The van der Waals surface area contributed by atoms with E-state index in [-0.39, 0.29) is 24.2 Å². The third-order valence-corrected chi connectivity index (χ3v) is 3.04. The van der Waals surface area contributed by atoms with Crippen molar-refractivity contribution in [1.82, 2.24) is 5.43 Å². The molecule has 0 saturated carbocycles. The molecule has 1 saturated heterocycles. The number of hydrogen-bond donors (Lipinski definition) is 1. The van der Waals surface area contributed by atoms with Crippen molar-refractivity contribution in [1.29, 1.82) is 0 Å². The molecule has 5 nitrogen and oxygen atoms in total. The van der Waals surface area contributed by atoms with Crippen LogP contribution in [0.1, 0.15) is 6.42 Å². The van der Waals surface area contributed by atoms with E-state index in [4.69, 9.17) is 11.6 Å². The van der Waals surface area contributed by atoms with E-state index >= 15 is 0 Å². The molecule has 18 heavy (non-hydrogen) atoms. The van der Waals surface area contributed by atoms with Crippen molar-refractivity contribution < 1.29 is 14.3 Å². The average Bonchev–Trinajstić information content (AvgIpc) is 2.72. The van der Waals surface area contributed by atoms with Gasteiger partial charge in [0.2, 0.25) is 5.91 Å². The lowest BCUT2D eigenvalue weighted by atomic mass is 10.1. The van der Waals surface area contributed by atoms with Gasteiger partial charge in [0.05, 0.1) is 25.1 Å². The van der Waals surface area contributed by atoms with Crippen LogP contribution in [0, 0.1) is 5.92 Å². The number of rotatable bonds is 3. The Balaban J connectivity index is 2.07. The quantitative estimate of drug-likeness (QED) is 0.842. The van der Waals surface area contributed by atoms with Gasteiger partial charge < -0.3 is 4.74 Å². The first kappa shape index (κ1) is 12.9. The normalized spacial score (nSPS) is 19.1. The topological polar surface area (TPSA) is 58.6 Å². The highest BCUT2D eigenvalue weighted by atomic mass is 35.5. The molecule has 1 atom stereocenters. The van der Waals surface area contributed by atoms with Crippen LogP contribution in [0.25, 0.3) is 0 Å². The summed E-state index contributed by atoms with van der Waals surface area (Å²) in [6.07, 6.45) is 0.0897. The first-order valence-corrected chi connectivity index (χ1v) is 5.89. The predicted molar refractivity (Wildman–Crippen MR) is 67.1 cm³/mol. The number of benzene rings is 1. The summed E-state index contributed by atoms with van der Waals surface area (Å²) in [6, 6.07) is 6.90. The summed E-state index contributed by atoms with van der Waals surface area (Å²) < 4.78 is 4.56. The van der Waals surface area contributed by atoms with Crippen molar-refractivity contribution in [2.75, 3.05) is 18.7 Å². The van der Waals surface area contributed by atoms with E-state index in [2.05, 4.69) is 10.2 Å². The van der Waals surface area contributed by atoms with Gasteiger partial charge in [0.25, 0.3) is 0 Å². The van der Waals surface area contributed by atoms with Gasteiger partial charge in [-0.1, -0.05) is 11.6 Å². The average molecular weight is 269 g/mol. The van der Waals surface area contributed by atoms with Crippen LogP contribution < -0.4 is 10.4 Å². The highest BCUT2D eigenvalue weighted by Crippen LogP contribution is 2.22. The molecule has 1 fully saturated rings. The molecule has 1 N–H and O–H groups in total. The minimum atomic E-state index is -0.381. The van der Waals surface area contributed by atoms with E-state index in [1.54, 1.807) is 24.3 Å². The Hall–Kier alpha value is -1.59. The van der Waals surface area contributed by atoms with E-state index in [9.17, 15) is 9.59 Å². The molecule has 0 spiro atoms. The number of halogens is 1. The molecule has 1 aliphatic rings. The number of carbonyl (C=O) groups excluding carboxylic acids is 2. The second kappa shape index (κ2) is 5.37. The van der Waals surface area contributed by atoms with Crippen molar-refractivity contribution in [2.45, 2.75) is 6.42 Å². The molecule has 6 heteroatoms. The van der Waals surface area contributed by atoms with Crippen LogP contribution >= 0.6 is 11.6 Å². The summed E-state index contributed by atoms with van der Waals surface area (Å²) in [6.45, 7) is 0.427. The number of ether oxygens (including phenoxy) is 1. The van der Waals surface area contributed by atoms with E-state index < -0.39 is 0 Å². The van der Waals surface area contributed by atoms with Crippen molar-refractivity contribution in [3.8, 4) is 0 Å². The number of hydrazine groups is 1. The summed E-state index contributed by atoms with van der Waals surface area (Å²) in [5, 5.41) is 2.04. The molecular formula is C12H13ClN2O3. The van der Waals surface area contributed by atoms with Gasteiger partial charge in [0, 0.05) is 11.6 Å². The Labute approximate surface area is 110 Å². The second-order valence-electron chi connectivity index (χ2n) is 3.99. The third-order valence-electron chi connectivity index (χ3n) is 2.79. The first-order valence-electron chi connectivity index (χ1n) is 5.51. The largest absolute Gasteiger partial charge is 0.469 e. The van der Waals surface area contributed by atoms with Gasteiger partial charge in [-0.25, -0.2) is 10.4 Å². The lowest BCUT2D eigenvalue weighted by Gasteiger charge is -2.16. The van der Waals surface area contributed by atoms with Gasteiger partial charge in [-0.05, 0) is 24.3 Å². The number of anilines is 1. The molecule has 96 valence electrons. The predicted octanol–water partition coefficient (Wildman–Crippen LogP) is 1.37. The molecule has 0 aliphatic carbocycles. The summed E-state index contributed by atoms with van der Waals surface area (Å²) >= 11 is 5.79. The van der Waals surface area contributed by atoms with Crippen molar-refractivity contribution >= 4 is 29.2 Å². The van der Waals surface area contributed by atoms with Gasteiger partial charge in [-0.2, -0.15) is 0 Å². The SMILES string of the molecule is COC(=O)CC1CNN(c2ccc(Cl)cc2)C1=O. The molecule has 1 amide bonds. The Morgan fingerprint density at radius 2 is 2.17 bits per heavy atom. The van der Waals surface area contributed by atoms with E-state index in [1.165, 1.54) is 12.1 Å². The smallest absolute Gasteiger partial charge is 0.306 e. The van der Waals surface area contributed by atoms with Crippen LogP contribution in [-0.2, 0) is 14.3 Å². The zero-order valence-corrected chi connectivity index (χ0v) is 10.6. The second-order valence-corrected chi connectivity index (χ2v) is 4.43. The van der Waals surface area contributed by atoms with E-state index in [0.717, 1.165) is 0 Å². The van der Waals surface area contributed by atoms with Gasteiger partial charge in [0.15, 0.2) is 0 Å². The Bertz CT molecular complexity index is 461. The van der Waals surface area contributed by atoms with Crippen LogP contribution in [0.4, 0.5) is 5.69 Å². The fraction of sp³-hybridized carbons (Fsp3) is 0.333. The van der Waals surface area contributed by atoms with Gasteiger partial charge >= 0.3 is 5.97 Å². The van der Waals surface area contributed by atoms with Crippen molar-refractivity contribution in [2.24, 2.45) is 5.92 Å².